The molecule has 2 aliphatic heterocycles. The van der Waals surface area contributed by atoms with Crippen LogP contribution >= 0.6 is 0 Å². The monoisotopic (exact) mass is 886 g/mol. The van der Waals surface area contributed by atoms with E-state index in [-0.39, 0.29) is 12.1 Å². The van der Waals surface area contributed by atoms with Crippen molar-refractivity contribution in [2.24, 2.45) is 0 Å². The predicted octanol–water partition coefficient (Wildman–Crippen LogP) is 15.7. The lowest BCUT2D eigenvalue weighted by Gasteiger charge is -2.45. The first-order valence-corrected chi connectivity index (χ1v) is 24.0. The normalized spacial score (nSPS) is 12.5. The van der Waals surface area contributed by atoms with E-state index in [2.05, 4.69) is 295 Å². The van der Waals surface area contributed by atoms with Crippen LogP contribution in [0.25, 0.3) is 11.1 Å². The molecule has 0 unspecified atom stereocenters. The summed E-state index contributed by atoms with van der Waals surface area (Å²) >= 11 is 0. The van der Waals surface area contributed by atoms with Crippen molar-refractivity contribution in [1.29, 1.82) is 0 Å². The highest BCUT2D eigenvalue weighted by molar-refractivity contribution is 7.00. The van der Waals surface area contributed by atoms with Gasteiger partial charge in [-0.2, -0.15) is 0 Å². The molecule has 0 aliphatic carbocycles. The maximum Gasteiger partial charge on any atom is 0.252 e. The molecule has 69 heavy (non-hydrogen) atoms. The van der Waals surface area contributed by atoms with Crippen LogP contribution in [-0.4, -0.2) is 6.71 Å². The Bertz CT molecular complexity index is 3350. The maximum absolute atomic E-state index is 2.54. The molecule has 10 aromatic rings. The Hall–Kier alpha value is -8.54. The van der Waals surface area contributed by atoms with E-state index in [1.54, 1.807) is 0 Å². The van der Waals surface area contributed by atoms with E-state index in [9.17, 15) is 0 Å². The Morgan fingerprint density at radius 3 is 1.22 bits per heavy atom. The summed E-state index contributed by atoms with van der Waals surface area (Å²) in [6, 6.07) is 93.1. The predicted molar refractivity (Wildman–Crippen MR) is 294 cm³/mol. The number of hydrogen-bond donors (Lipinski definition) is 0. The number of fused-ring (bicyclic) bond motifs is 4. The molecule has 0 saturated carbocycles. The topological polar surface area (TPSA) is 13.0 Å². The van der Waals surface area contributed by atoms with Crippen molar-refractivity contribution < 1.29 is 0 Å². The van der Waals surface area contributed by atoms with Crippen molar-refractivity contribution in [1.82, 2.24) is 0 Å². The van der Waals surface area contributed by atoms with Gasteiger partial charge in [0.25, 0.3) is 6.71 Å². The van der Waals surface area contributed by atoms with Crippen LogP contribution in [-0.2, 0) is 5.41 Å². The molecule has 0 radical (unpaired) electrons. The van der Waals surface area contributed by atoms with Crippen LogP contribution in [0.15, 0.2) is 255 Å². The number of anilines is 12. The van der Waals surface area contributed by atoms with E-state index in [0.29, 0.717) is 0 Å². The van der Waals surface area contributed by atoms with Crippen molar-refractivity contribution in [2.75, 3.05) is 19.6 Å². The number of para-hydroxylation sites is 5. The van der Waals surface area contributed by atoms with Gasteiger partial charge in [-0.05, 0) is 136 Å². The molecule has 330 valence electrons. The van der Waals surface area contributed by atoms with Crippen LogP contribution < -0.4 is 36.0 Å². The third-order valence-electron chi connectivity index (χ3n) is 13.8. The highest BCUT2D eigenvalue weighted by Gasteiger charge is 2.44. The molecule has 4 nitrogen and oxygen atoms in total. The molecule has 12 rings (SSSR count). The van der Waals surface area contributed by atoms with E-state index in [1.807, 2.05) is 0 Å². The van der Waals surface area contributed by atoms with Crippen LogP contribution in [0.3, 0.4) is 0 Å². The lowest BCUT2D eigenvalue weighted by molar-refractivity contribution is 0.590. The van der Waals surface area contributed by atoms with Crippen LogP contribution in [0.5, 0.6) is 0 Å². The summed E-state index contributed by atoms with van der Waals surface area (Å²) in [7, 11) is 0. The Balaban J connectivity index is 1.14. The van der Waals surface area contributed by atoms with Crippen molar-refractivity contribution >= 4 is 91.3 Å². The summed E-state index contributed by atoms with van der Waals surface area (Å²) in [6.07, 6.45) is 0. The first-order chi connectivity index (χ1) is 33.9. The molecule has 0 fully saturated rings. The Morgan fingerprint density at radius 2 is 0.739 bits per heavy atom. The number of hydrogen-bond acceptors (Lipinski definition) is 4. The summed E-state index contributed by atoms with van der Waals surface area (Å²) in [5, 5.41) is 0. The minimum atomic E-state index is -0.0710. The van der Waals surface area contributed by atoms with Gasteiger partial charge in [0.15, 0.2) is 0 Å². The highest BCUT2D eigenvalue weighted by Crippen LogP contribution is 2.49. The zero-order valence-corrected chi connectivity index (χ0v) is 39.1. The van der Waals surface area contributed by atoms with Crippen molar-refractivity contribution in [3.8, 4) is 11.1 Å². The van der Waals surface area contributed by atoms with E-state index in [4.69, 9.17) is 0 Å². The molecular weight excluding hydrogens is 836 g/mol. The second-order valence-electron chi connectivity index (χ2n) is 19.0. The molecule has 2 heterocycles. The Kier molecular flexibility index (Phi) is 10.5. The number of rotatable bonds is 9. The number of benzene rings is 10. The lowest BCUT2D eigenvalue weighted by atomic mass is 9.33. The van der Waals surface area contributed by atoms with Crippen molar-refractivity contribution in [2.45, 2.75) is 26.2 Å². The third kappa shape index (κ3) is 7.44. The lowest BCUT2D eigenvalue weighted by Crippen LogP contribution is -2.61. The van der Waals surface area contributed by atoms with Gasteiger partial charge in [-0.15, -0.1) is 0 Å². The smallest absolute Gasteiger partial charge is 0.252 e. The molecule has 2 aliphatic rings. The van der Waals surface area contributed by atoms with Gasteiger partial charge in [0.05, 0.1) is 5.69 Å². The zero-order chi connectivity index (χ0) is 46.5. The van der Waals surface area contributed by atoms with E-state index >= 15 is 0 Å². The molecule has 5 heteroatoms. The van der Waals surface area contributed by atoms with Gasteiger partial charge in [0, 0.05) is 68.1 Å². The van der Waals surface area contributed by atoms with Crippen LogP contribution in [0, 0.1) is 0 Å². The quantitative estimate of drug-likeness (QED) is 0.134. The van der Waals surface area contributed by atoms with Gasteiger partial charge in [-0.1, -0.05) is 172 Å². The van der Waals surface area contributed by atoms with Gasteiger partial charge in [0.2, 0.25) is 0 Å². The fourth-order valence-electron chi connectivity index (χ4n) is 10.6. The summed E-state index contributed by atoms with van der Waals surface area (Å²) in [5.41, 5.74) is 20.9. The van der Waals surface area contributed by atoms with E-state index in [0.717, 1.165) is 62.6 Å². The van der Waals surface area contributed by atoms with Gasteiger partial charge in [-0.3, -0.25) is 0 Å². The number of nitrogens with zero attached hydrogens (tertiary/aromatic N) is 4. The largest absolute Gasteiger partial charge is 0.311 e. The zero-order valence-electron chi connectivity index (χ0n) is 39.1. The summed E-state index contributed by atoms with van der Waals surface area (Å²) in [4.78, 5) is 9.80. The SMILES string of the molecule is CC(C)(C)c1ccc(N2c3cc(N(c4ccccc4)c4ccccc4)ccc3B3c4ccc(N(c5ccccc5)c5ccccc5)cc4N(c4ccccc4-c4ccccc4)c4cccc2c43)cc1. The van der Waals surface area contributed by atoms with Crippen LogP contribution in [0.1, 0.15) is 26.3 Å². The average molecular weight is 887 g/mol. The molecule has 0 bridgehead atoms. The second-order valence-corrected chi connectivity index (χ2v) is 19.0. The molecule has 0 aromatic heterocycles. The molecule has 10 aromatic carbocycles. The fraction of sp³-hybridized carbons (Fsp3) is 0.0625. The van der Waals surface area contributed by atoms with E-state index in [1.165, 1.54) is 38.8 Å². The van der Waals surface area contributed by atoms with Crippen LogP contribution in [0.4, 0.5) is 68.2 Å². The maximum atomic E-state index is 2.54. The average Bonchev–Trinajstić information content (AvgIpc) is 3.40. The minimum absolute atomic E-state index is 0.0141. The van der Waals surface area contributed by atoms with Gasteiger partial charge < -0.3 is 19.6 Å². The summed E-state index contributed by atoms with van der Waals surface area (Å²) in [5.74, 6) is 0. The first kappa shape index (κ1) is 41.9. The molecule has 0 N–H and O–H groups in total. The fourth-order valence-corrected chi connectivity index (χ4v) is 10.6. The summed E-state index contributed by atoms with van der Waals surface area (Å²) < 4.78 is 0. The standard InChI is InChI=1S/C64H51BN4/c1-64(2,3)47-36-38-52(39-37-47)68-59-34-21-35-60-63(59)65(56-42-40-53(44-61(56)68)66(48-24-11-5-12-25-48)49-26-13-6-14-27-49)57-43-41-54(67(50-28-15-7-16-29-50)51-30-17-8-18-31-51)45-62(57)69(60)58-33-20-19-32-55(58)46-22-9-4-10-23-46/h4-45H,1-3H3. The molecule has 0 atom stereocenters. The first-order valence-electron chi connectivity index (χ1n) is 24.0. The van der Waals surface area contributed by atoms with Gasteiger partial charge in [0.1, 0.15) is 0 Å². The Morgan fingerprint density at radius 1 is 0.333 bits per heavy atom. The summed E-state index contributed by atoms with van der Waals surface area (Å²) in [6.45, 7) is 6.79. The molecule has 0 amide bonds. The highest BCUT2D eigenvalue weighted by atomic mass is 15.2. The molecular formula is C64H51BN4. The Labute approximate surface area is 406 Å². The van der Waals surface area contributed by atoms with Gasteiger partial charge >= 0.3 is 0 Å². The van der Waals surface area contributed by atoms with Gasteiger partial charge in [-0.25, -0.2) is 0 Å². The molecule has 0 saturated heterocycles. The second kappa shape index (κ2) is 17.3. The molecule has 0 spiro atoms. The third-order valence-corrected chi connectivity index (χ3v) is 13.8. The minimum Gasteiger partial charge on any atom is -0.311 e. The van der Waals surface area contributed by atoms with Crippen molar-refractivity contribution in [3.05, 3.63) is 260 Å². The van der Waals surface area contributed by atoms with Crippen molar-refractivity contribution in [3.63, 3.8) is 0 Å². The van der Waals surface area contributed by atoms with Crippen LogP contribution in [0.2, 0.25) is 0 Å². The van der Waals surface area contributed by atoms with E-state index < -0.39 is 0 Å².